The van der Waals surface area contributed by atoms with Crippen LogP contribution in [-0.2, 0) is 11.2 Å². The predicted molar refractivity (Wildman–Crippen MR) is 64.5 cm³/mol. The van der Waals surface area contributed by atoms with Crippen molar-refractivity contribution in [3.63, 3.8) is 0 Å². The monoisotopic (exact) mass is 238 g/mol. The molecule has 1 aromatic rings. The maximum Gasteiger partial charge on any atom is 0.122 e. The van der Waals surface area contributed by atoms with Crippen LogP contribution in [0.5, 0.6) is 0 Å². The zero-order chi connectivity index (χ0) is 11.1. The molecule has 0 spiro atoms. The van der Waals surface area contributed by atoms with Gasteiger partial charge in [0.05, 0.1) is 11.8 Å². The molecule has 0 aromatic carbocycles. The first-order chi connectivity index (χ1) is 7.74. The van der Waals surface area contributed by atoms with E-state index in [4.69, 9.17) is 15.5 Å². The van der Waals surface area contributed by atoms with Gasteiger partial charge in [-0.25, -0.2) is 4.98 Å². The van der Waals surface area contributed by atoms with Crippen LogP contribution in [0.2, 0.25) is 0 Å². The summed E-state index contributed by atoms with van der Waals surface area (Å²) >= 11 is 1.82. The molecule has 1 saturated heterocycles. The minimum atomic E-state index is 0.160. The molecule has 1 aromatic heterocycles. The van der Waals surface area contributed by atoms with Crippen LogP contribution in [-0.4, -0.2) is 11.1 Å². The molecule has 0 bridgehead atoms. The molecule has 0 amide bonds. The molecule has 0 saturated carbocycles. The molecule has 3 nitrogen and oxygen atoms in total. The topological polar surface area (TPSA) is 48.1 Å². The quantitative estimate of drug-likeness (QED) is 0.818. The lowest BCUT2D eigenvalue weighted by atomic mass is 9.99. The zero-order valence-corrected chi connectivity index (χ0v) is 10.4. The fourth-order valence-electron chi connectivity index (χ4n) is 2.59. The maximum atomic E-state index is 6.09. The van der Waals surface area contributed by atoms with Crippen molar-refractivity contribution in [3.05, 3.63) is 15.6 Å². The molecular formula is C12H18N2OS. The van der Waals surface area contributed by atoms with Crippen LogP contribution >= 0.6 is 11.3 Å². The van der Waals surface area contributed by atoms with Crippen molar-refractivity contribution in [2.24, 2.45) is 5.73 Å². The van der Waals surface area contributed by atoms with Gasteiger partial charge < -0.3 is 10.5 Å². The van der Waals surface area contributed by atoms with Gasteiger partial charge in [-0.15, -0.1) is 11.3 Å². The lowest BCUT2D eigenvalue weighted by molar-refractivity contribution is 0.0553. The van der Waals surface area contributed by atoms with Gasteiger partial charge in [-0.3, -0.25) is 0 Å². The number of fused-ring (bicyclic) bond motifs is 1. The SMILES string of the molecule is CC1CCC(c2nc3c(s2)CCCC3N)O1. The van der Waals surface area contributed by atoms with Crippen molar-refractivity contribution >= 4 is 11.3 Å². The van der Waals surface area contributed by atoms with E-state index in [9.17, 15) is 0 Å². The minimum absolute atomic E-state index is 0.160. The molecule has 0 radical (unpaired) electrons. The number of nitrogens with two attached hydrogens (primary N) is 1. The van der Waals surface area contributed by atoms with Crippen molar-refractivity contribution in [2.75, 3.05) is 0 Å². The van der Waals surface area contributed by atoms with Gasteiger partial charge in [0, 0.05) is 10.9 Å². The van der Waals surface area contributed by atoms with E-state index in [1.165, 1.54) is 11.3 Å². The van der Waals surface area contributed by atoms with Gasteiger partial charge in [0.1, 0.15) is 11.1 Å². The number of ether oxygens (including phenoxy) is 1. The van der Waals surface area contributed by atoms with E-state index in [1.54, 1.807) is 0 Å². The molecule has 16 heavy (non-hydrogen) atoms. The first-order valence-electron chi connectivity index (χ1n) is 6.14. The summed E-state index contributed by atoms with van der Waals surface area (Å²) in [5.74, 6) is 0. The molecule has 3 rings (SSSR count). The number of nitrogens with zero attached hydrogens (tertiary/aromatic N) is 1. The van der Waals surface area contributed by atoms with Crippen LogP contribution in [0.3, 0.4) is 0 Å². The summed E-state index contributed by atoms with van der Waals surface area (Å²) in [6.45, 7) is 2.14. The Labute approximate surface area is 100 Å². The van der Waals surface area contributed by atoms with Gasteiger partial charge in [-0.1, -0.05) is 0 Å². The summed E-state index contributed by atoms with van der Waals surface area (Å²) in [4.78, 5) is 6.12. The molecule has 88 valence electrons. The fourth-order valence-corrected chi connectivity index (χ4v) is 3.84. The van der Waals surface area contributed by atoms with Gasteiger partial charge in [0.25, 0.3) is 0 Å². The third-order valence-corrected chi connectivity index (χ3v) is 4.74. The maximum absolute atomic E-state index is 6.09. The Bertz CT molecular complexity index is 390. The van der Waals surface area contributed by atoms with Gasteiger partial charge in [-0.05, 0) is 39.0 Å². The number of aryl methyl sites for hydroxylation is 1. The van der Waals surface area contributed by atoms with Crippen LogP contribution in [0.1, 0.15) is 60.3 Å². The highest BCUT2D eigenvalue weighted by Gasteiger charge is 2.29. The highest BCUT2D eigenvalue weighted by molar-refractivity contribution is 7.11. The Morgan fingerprint density at radius 3 is 2.94 bits per heavy atom. The Kier molecular flexibility index (Phi) is 2.73. The van der Waals surface area contributed by atoms with Crippen LogP contribution in [0, 0.1) is 0 Å². The van der Waals surface area contributed by atoms with Crippen molar-refractivity contribution in [2.45, 2.75) is 57.3 Å². The molecular weight excluding hydrogens is 220 g/mol. The molecule has 2 aliphatic rings. The van der Waals surface area contributed by atoms with Crippen molar-refractivity contribution < 1.29 is 4.74 Å². The molecule has 1 aliphatic heterocycles. The van der Waals surface area contributed by atoms with E-state index in [0.717, 1.165) is 36.4 Å². The summed E-state index contributed by atoms with van der Waals surface area (Å²) in [5.41, 5.74) is 7.24. The van der Waals surface area contributed by atoms with Gasteiger partial charge >= 0.3 is 0 Å². The Morgan fingerprint density at radius 2 is 2.25 bits per heavy atom. The molecule has 3 atom stereocenters. The van der Waals surface area contributed by atoms with Crippen LogP contribution in [0.4, 0.5) is 0 Å². The number of rotatable bonds is 1. The van der Waals surface area contributed by atoms with Gasteiger partial charge in [-0.2, -0.15) is 0 Å². The molecule has 3 unspecified atom stereocenters. The van der Waals surface area contributed by atoms with E-state index in [2.05, 4.69) is 6.92 Å². The summed E-state index contributed by atoms with van der Waals surface area (Å²) in [5, 5.41) is 1.16. The second-order valence-corrected chi connectivity index (χ2v) is 5.99. The molecule has 1 aliphatic carbocycles. The first kappa shape index (κ1) is 10.7. The summed E-state index contributed by atoms with van der Waals surface area (Å²) in [6, 6.07) is 0.160. The normalized spacial score (nSPS) is 34.0. The largest absolute Gasteiger partial charge is 0.368 e. The second kappa shape index (κ2) is 4.09. The standard InChI is InChI=1S/C12H18N2OS/c1-7-5-6-9(15-7)12-14-11-8(13)3-2-4-10(11)16-12/h7-9H,2-6,13H2,1H3. The minimum Gasteiger partial charge on any atom is -0.368 e. The Balaban J connectivity index is 1.86. The van der Waals surface area contributed by atoms with Crippen LogP contribution in [0.25, 0.3) is 0 Å². The smallest absolute Gasteiger partial charge is 0.122 e. The van der Waals surface area contributed by atoms with Crippen molar-refractivity contribution in [1.29, 1.82) is 0 Å². The number of aromatic nitrogens is 1. The van der Waals surface area contributed by atoms with E-state index in [0.29, 0.717) is 6.10 Å². The molecule has 2 N–H and O–H groups in total. The third-order valence-electron chi connectivity index (χ3n) is 3.52. The molecule has 2 heterocycles. The van der Waals surface area contributed by atoms with Crippen molar-refractivity contribution in [1.82, 2.24) is 4.98 Å². The van der Waals surface area contributed by atoms with Crippen LogP contribution in [0.15, 0.2) is 0 Å². The van der Waals surface area contributed by atoms with Gasteiger partial charge in [0.2, 0.25) is 0 Å². The highest BCUT2D eigenvalue weighted by Crippen LogP contribution is 2.39. The summed E-state index contributed by atoms with van der Waals surface area (Å²) < 4.78 is 5.87. The average Bonchev–Trinajstić information content (AvgIpc) is 2.84. The number of hydrogen-bond donors (Lipinski definition) is 1. The first-order valence-corrected chi connectivity index (χ1v) is 6.96. The van der Waals surface area contributed by atoms with E-state index in [-0.39, 0.29) is 12.1 Å². The average molecular weight is 238 g/mol. The fraction of sp³-hybridized carbons (Fsp3) is 0.750. The lowest BCUT2D eigenvalue weighted by Crippen LogP contribution is -2.16. The molecule has 4 heteroatoms. The summed E-state index contributed by atoms with van der Waals surface area (Å²) in [7, 11) is 0. The number of hydrogen-bond acceptors (Lipinski definition) is 4. The highest BCUT2D eigenvalue weighted by atomic mass is 32.1. The number of thiazole rings is 1. The van der Waals surface area contributed by atoms with Crippen molar-refractivity contribution in [3.8, 4) is 0 Å². The Hall–Kier alpha value is -0.450. The second-order valence-electron chi connectivity index (χ2n) is 4.87. The summed E-state index contributed by atoms with van der Waals surface area (Å²) in [6.07, 6.45) is 6.33. The Morgan fingerprint density at radius 1 is 1.38 bits per heavy atom. The molecule has 1 fully saturated rings. The van der Waals surface area contributed by atoms with E-state index >= 15 is 0 Å². The van der Waals surface area contributed by atoms with Crippen LogP contribution < -0.4 is 5.73 Å². The van der Waals surface area contributed by atoms with E-state index in [1.807, 2.05) is 11.3 Å². The zero-order valence-electron chi connectivity index (χ0n) is 9.61. The van der Waals surface area contributed by atoms with E-state index < -0.39 is 0 Å². The lowest BCUT2D eigenvalue weighted by Gasteiger charge is -2.15. The predicted octanol–water partition coefficient (Wildman–Crippen LogP) is 2.72. The van der Waals surface area contributed by atoms with Gasteiger partial charge in [0.15, 0.2) is 0 Å². The third kappa shape index (κ3) is 1.79.